The third-order valence-corrected chi connectivity index (χ3v) is 5.39. The zero-order chi connectivity index (χ0) is 16.1. The molecule has 120 valence electrons. The Morgan fingerprint density at radius 2 is 1.90 bits per heavy atom. The van der Waals surface area contributed by atoms with E-state index in [9.17, 15) is 13.2 Å². The van der Waals surface area contributed by atoms with E-state index in [4.69, 9.17) is 5.11 Å². The fraction of sp³-hybridized carbons (Fsp3) is 0.692. The van der Waals surface area contributed by atoms with Crippen LogP contribution >= 0.6 is 0 Å². The monoisotopic (exact) mass is 317 g/mol. The van der Waals surface area contributed by atoms with Crippen LogP contribution in [0.4, 0.5) is 0 Å². The van der Waals surface area contributed by atoms with Gasteiger partial charge in [-0.25, -0.2) is 13.1 Å². The van der Waals surface area contributed by atoms with Crippen molar-refractivity contribution >= 4 is 16.0 Å². The lowest BCUT2D eigenvalue weighted by Gasteiger charge is -2.30. The Morgan fingerprint density at radius 1 is 1.33 bits per heavy atom. The van der Waals surface area contributed by atoms with Crippen LogP contribution in [0.1, 0.15) is 46.5 Å². The second-order valence-electron chi connectivity index (χ2n) is 5.03. The highest BCUT2D eigenvalue weighted by Gasteiger charge is 2.31. The van der Waals surface area contributed by atoms with Crippen molar-refractivity contribution in [1.29, 1.82) is 0 Å². The SMILES string of the molecule is CCC(CC)(CC)NS(=O)(=O)c1cnn(CCC(=O)O)c1. The molecule has 0 aromatic carbocycles. The average Bonchev–Trinajstić information content (AvgIpc) is 2.92. The number of aliphatic carboxylic acids is 1. The molecule has 0 radical (unpaired) electrons. The molecule has 0 unspecified atom stereocenters. The average molecular weight is 317 g/mol. The number of hydrogen-bond donors (Lipinski definition) is 2. The summed E-state index contributed by atoms with van der Waals surface area (Å²) in [5.74, 6) is -0.949. The minimum absolute atomic E-state index is 0.0626. The van der Waals surface area contributed by atoms with Crippen LogP contribution in [0.5, 0.6) is 0 Å². The quantitative estimate of drug-likeness (QED) is 0.720. The number of nitrogens with one attached hydrogen (secondary N) is 1. The van der Waals surface area contributed by atoms with Crippen molar-refractivity contribution in [3.63, 3.8) is 0 Å². The van der Waals surface area contributed by atoms with E-state index >= 15 is 0 Å². The molecule has 1 aromatic rings. The van der Waals surface area contributed by atoms with E-state index in [2.05, 4.69) is 9.82 Å². The molecule has 0 aliphatic heterocycles. The van der Waals surface area contributed by atoms with Gasteiger partial charge in [-0.3, -0.25) is 9.48 Å². The lowest BCUT2D eigenvalue weighted by Crippen LogP contribution is -2.46. The van der Waals surface area contributed by atoms with Gasteiger partial charge >= 0.3 is 5.97 Å². The van der Waals surface area contributed by atoms with E-state index in [-0.39, 0.29) is 17.9 Å². The lowest BCUT2D eigenvalue weighted by molar-refractivity contribution is -0.137. The topological polar surface area (TPSA) is 101 Å². The summed E-state index contributed by atoms with van der Waals surface area (Å²) in [7, 11) is -3.65. The highest BCUT2D eigenvalue weighted by atomic mass is 32.2. The zero-order valence-electron chi connectivity index (χ0n) is 12.7. The molecule has 0 saturated heterocycles. The van der Waals surface area contributed by atoms with Gasteiger partial charge in [-0.2, -0.15) is 5.10 Å². The minimum atomic E-state index is -3.65. The maximum atomic E-state index is 12.4. The Kier molecular flexibility index (Phi) is 5.91. The second kappa shape index (κ2) is 7.04. The summed E-state index contributed by atoms with van der Waals surface area (Å²) in [6.07, 6.45) is 4.61. The first-order valence-electron chi connectivity index (χ1n) is 7.06. The molecule has 2 N–H and O–H groups in total. The highest BCUT2D eigenvalue weighted by molar-refractivity contribution is 7.89. The minimum Gasteiger partial charge on any atom is -0.481 e. The summed E-state index contributed by atoms with van der Waals surface area (Å²) in [5, 5.41) is 12.5. The summed E-state index contributed by atoms with van der Waals surface area (Å²) in [4.78, 5) is 10.6. The molecule has 7 nitrogen and oxygen atoms in total. The number of aryl methyl sites for hydroxylation is 1. The fourth-order valence-electron chi connectivity index (χ4n) is 2.13. The number of rotatable bonds is 9. The molecule has 8 heteroatoms. The molecule has 0 spiro atoms. The van der Waals surface area contributed by atoms with Crippen molar-refractivity contribution in [3.05, 3.63) is 12.4 Å². The van der Waals surface area contributed by atoms with Gasteiger partial charge in [0.25, 0.3) is 0 Å². The molecule has 0 amide bonds. The number of nitrogens with zero attached hydrogens (tertiary/aromatic N) is 2. The van der Waals surface area contributed by atoms with Gasteiger partial charge in [-0.05, 0) is 19.3 Å². The summed E-state index contributed by atoms with van der Waals surface area (Å²) in [6.45, 7) is 5.99. The maximum Gasteiger partial charge on any atom is 0.305 e. The number of hydrogen-bond acceptors (Lipinski definition) is 4. The van der Waals surface area contributed by atoms with Crippen molar-refractivity contribution < 1.29 is 18.3 Å². The van der Waals surface area contributed by atoms with Crippen LogP contribution in [0.2, 0.25) is 0 Å². The molecule has 0 aliphatic rings. The summed E-state index contributed by atoms with van der Waals surface area (Å²) in [5.41, 5.74) is -0.456. The lowest BCUT2D eigenvalue weighted by atomic mass is 9.91. The van der Waals surface area contributed by atoms with Crippen LogP contribution in [0, 0.1) is 0 Å². The summed E-state index contributed by atoms with van der Waals surface area (Å²) < 4.78 is 28.9. The molecule has 1 aromatic heterocycles. The van der Waals surface area contributed by atoms with Gasteiger partial charge in [-0.1, -0.05) is 20.8 Å². The molecule has 1 rings (SSSR count). The van der Waals surface area contributed by atoms with Gasteiger partial charge < -0.3 is 5.11 Å². The molecular weight excluding hydrogens is 294 g/mol. The van der Waals surface area contributed by atoms with Crippen molar-refractivity contribution in [3.8, 4) is 0 Å². The molecular formula is C13H23N3O4S. The van der Waals surface area contributed by atoms with Gasteiger partial charge in [0, 0.05) is 11.7 Å². The molecule has 0 fully saturated rings. The molecule has 0 atom stereocenters. The van der Waals surface area contributed by atoms with Crippen molar-refractivity contribution in [2.45, 2.75) is 63.4 Å². The maximum absolute atomic E-state index is 12.4. The molecule has 21 heavy (non-hydrogen) atoms. The fourth-order valence-corrected chi connectivity index (χ4v) is 3.69. The Bertz CT molecular complexity index is 568. The van der Waals surface area contributed by atoms with Crippen molar-refractivity contribution in [1.82, 2.24) is 14.5 Å². The highest BCUT2D eigenvalue weighted by Crippen LogP contribution is 2.22. The van der Waals surface area contributed by atoms with Crippen LogP contribution in [0.15, 0.2) is 17.3 Å². The predicted molar refractivity (Wildman–Crippen MR) is 78.4 cm³/mol. The van der Waals surface area contributed by atoms with Crippen molar-refractivity contribution in [2.24, 2.45) is 0 Å². The normalized spacial score (nSPS) is 12.5. The Balaban J connectivity index is 2.90. The molecule has 0 aliphatic carbocycles. The van der Waals surface area contributed by atoms with E-state index in [1.807, 2.05) is 20.8 Å². The molecule has 0 bridgehead atoms. The van der Waals surface area contributed by atoms with E-state index in [1.165, 1.54) is 17.1 Å². The summed E-state index contributed by atoms with van der Waals surface area (Å²) >= 11 is 0. The third kappa shape index (κ3) is 4.53. The van der Waals surface area contributed by atoms with Crippen LogP contribution < -0.4 is 4.72 Å². The number of carboxylic acid groups (broad SMARTS) is 1. The molecule has 0 saturated carbocycles. The third-order valence-electron chi connectivity index (χ3n) is 3.86. The number of aromatic nitrogens is 2. The second-order valence-corrected chi connectivity index (χ2v) is 6.71. The Labute approximate surface area is 125 Å². The Morgan fingerprint density at radius 3 is 2.38 bits per heavy atom. The standard InChI is InChI=1S/C13H23N3O4S/c1-4-13(5-2,6-3)15-21(19,20)11-9-14-16(10-11)8-7-12(17)18/h9-10,15H,4-8H2,1-3H3,(H,17,18). The van der Waals surface area contributed by atoms with E-state index in [1.54, 1.807) is 0 Å². The Hall–Kier alpha value is -1.41. The van der Waals surface area contributed by atoms with E-state index < -0.39 is 21.5 Å². The first-order chi connectivity index (χ1) is 9.78. The predicted octanol–water partition coefficient (Wildman–Crippen LogP) is 1.60. The zero-order valence-corrected chi connectivity index (χ0v) is 13.5. The summed E-state index contributed by atoms with van der Waals surface area (Å²) in [6, 6.07) is 0. The van der Waals surface area contributed by atoms with Gasteiger partial charge in [0.15, 0.2) is 0 Å². The largest absolute Gasteiger partial charge is 0.481 e. The van der Waals surface area contributed by atoms with Gasteiger partial charge in [0.1, 0.15) is 4.90 Å². The first kappa shape index (κ1) is 17.6. The number of carboxylic acids is 1. The van der Waals surface area contributed by atoms with Gasteiger partial charge in [0.2, 0.25) is 10.0 Å². The van der Waals surface area contributed by atoms with Crippen LogP contribution in [-0.2, 0) is 21.4 Å². The van der Waals surface area contributed by atoms with Crippen LogP contribution in [0.25, 0.3) is 0 Å². The van der Waals surface area contributed by atoms with Gasteiger partial charge in [0.05, 0.1) is 19.2 Å². The number of sulfonamides is 1. The number of carbonyl (C=O) groups is 1. The van der Waals surface area contributed by atoms with E-state index in [0.717, 1.165) is 0 Å². The van der Waals surface area contributed by atoms with Crippen molar-refractivity contribution in [2.75, 3.05) is 0 Å². The van der Waals surface area contributed by atoms with Gasteiger partial charge in [-0.15, -0.1) is 0 Å². The first-order valence-corrected chi connectivity index (χ1v) is 8.55. The van der Waals surface area contributed by atoms with Crippen LogP contribution in [0.3, 0.4) is 0 Å². The smallest absolute Gasteiger partial charge is 0.305 e. The van der Waals surface area contributed by atoms with Crippen LogP contribution in [-0.4, -0.2) is 34.8 Å². The van der Waals surface area contributed by atoms with E-state index in [0.29, 0.717) is 19.3 Å². The molecule has 1 heterocycles.